The normalized spacial score (nSPS) is 18.3. The first kappa shape index (κ1) is 14.8. The first-order valence-corrected chi connectivity index (χ1v) is 7.58. The van der Waals surface area contributed by atoms with Crippen LogP contribution in [0.1, 0.15) is 45.1 Å². The average molecular weight is 284 g/mol. The Bertz CT molecular complexity index is 431. The van der Waals surface area contributed by atoms with Crippen LogP contribution in [0.5, 0.6) is 0 Å². The van der Waals surface area contributed by atoms with Crippen LogP contribution in [0.4, 0.5) is 4.39 Å². The van der Waals surface area contributed by atoms with Crippen molar-refractivity contribution in [2.45, 2.75) is 52.0 Å². The molecule has 1 N–H and O–H groups in total. The lowest BCUT2D eigenvalue weighted by Crippen LogP contribution is -2.35. The number of hydrogen-bond donors (Lipinski definition) is 1. The van der Waals surface area contributed by atoms with Crippen molar-refractivity contribution in [3.05, 3.63) is 34.6 Å². The summed E-state index contributed by atoms with van der Waals surface area (Å²) in [5, 5.41) is 3.81. The van der Waals surface area contributed by atoms with Gasteiger partial charge in [-0.25, -0.2) is 4.39 Å². The van der Waals surface area contributed by atoms with Crippen LogP contribution in [-0.4, -0.2) is 12.6 Å². The summed E-state index contributed by atoms with van der Waals surface area (Å²) in [5.41, 5.74) is 0.837. The zero-order valence-corrected chi connectivity index (χ0v) is 12.6. The molecule has 0 aromatic heterocycles. The van der Waals surface area contributed by atoms with Crippen LogP contribution in [0.3, 0.4) is 0 Å². The van der Waals surface area contributed by atoms with Crippen LogP contribution < -0.4 is 5.32 Å². The molecule has 1 nitrogen and oxygen atoms in total. The zero-order valence-electron chi connectivity index (χ0n) is 11.8. The maximum atomic E-state index is 14.0. The van der Waals surface area contributed by atoms with Gasteiger partial charge >= 0.3 is 0 Å². The molecule has 1 aromatic carbocycles. The largest absolute Gasteiger partial charge is 0.313 e. The van der Waals surface area contributed by atoms with Gasteiger partial charge in [0.05, 0.1) is 5.02 Å². The minimum absolute atomic E-state index is 0.100. The third-order valence-electron chi connectivity index (χ3n) is 3.90. The Balaban J connectivity index is 2.07. The number of nitrogens with one attached hydrogen (secondary N) is 1. The van der Waals surface area contributed by atoms with Crippen molar-refractivity contribution in [3.8, 4) is 0 Å². The molecule has 1 aromatic rings. The molecule has 0 saturated heterocycles. The maximum absolute atomic E-state index is 14.0. The van der Waals surface area contributed by atoms with Crippen molar-refractivity contribution in [1.29, 1.82) is 0 Å². The van der Waals surface area contributed by atoms with E-state index in [0.717, 1.165) is 31.4 Å². The first-order chi connectivity index (χ1) is 9.04. The molecule has 0 bridgehead atoms. The molecule has 1 unspecified atom stereocenters. The fourth-order valence-electron chi connectivity index (χ4n) is 2.67. The Morgan fingerprint density at radius 3 is 2.79 bits per heavy atom. The fraction of sp³-hybridized carbons (Fsp3) is 0.625. The lowest BCUT2D eigenvalue weighted by atomic mass is 9.79. The second-order valence-electron chi connectivity index (χ2n) is 6.11. The summed E-state index contributed by atoms with van der Waals surface area (Å²) in [4.78, 5) is 0. The van der Waals surface area contributed by atoms with Gasteiger partial charge in [-0.1, -0.05) is 44.0 Å². The second-order valence-corrected chi connectivity index (χ2v) is 6.51. The van der Waals surface area contributed by atoms with Gasteiger partial charge in [0.25, 0.3) is 0 Å². The highest BCUT2D eigenvalue weighted by Crippen LogP contribution is 2.31. The predicted octanol–water partition coefficient (Wildman–Crippen LogP) is 4.58. The highest BCUT2D eigenvalue weighted by atomic mass is 35.5. The third-order valence-corrected chi connectivity index (χ3v) is 4.19. The summed E-state index contributed by atoms with van der Waals surface area (Å²) in [6.07, 6.45) is 5.53. The van der Waals surface area contributed by atoms with Gasteiger partial charge in [0.2, 0.25) is 0 Å². The molecule has 106 valence electrons. The molecule has 0 heterocycles. The van der Waals surface area contributed by atoms with Crippen molar-refractivity contribution in [2.24, 2.45) is 5.41 Å². The number of benzene rings is 1. The number of halogens is 2. The van der Waals surface area contributed by atoms with Crippen molar-refractivity contribution in [2.75, 3.05) is 6.54 Å². The molecule has 1 aliphatic carbocycles. The summed E-state index contributed by atoms with van der Waals surface area (Å²) in [5.74, 6) is -0.252. The molecule has 0 amide bonds. The van der Waals surface area contributed by atoms with E-state index in [2.05, 4.69) is 19.2 Å². The van der Waals surface area contributed by atoms with E-state index in [9.17, 15) is 4.39 Å². The van der Waals surface area contributed by atoms with Crippen LogP contribution in [0.15, 0.2) is 18.2 Å². The van der Waals surface area contributed by atoms with Crippen LogP contribution in [0.2, 0.25) is 5.02 Å². The van der Waals surface area contributed by atoms with Gasteiger partial charge in [0.1, 0.15) is 5.82 Å². The molecular weight excluding hydrogens is 261 g/mol. The Labute approximate surface area is 120 Å². The van der Waals surface area contributed by atoms with Crippen molar-refractivity contribution in [3.63, 3.8) is 0 Å². The molecular formula is C16H23ClFN. The molecule has 1 saturated carbocycles. The third kappa shape index (κ3) is 4.19. The predicted molar refractivity (Wildman–Crippen MR) is 79.2 cm³/mol. The molecule has 3 heteroatoms. The number of rotatable bonds is 7. The highest BCUT2D eigenvalue weighted by molar-refractivity contribution is 6.30. The van der Waals surface area contributed by atoms with E-state index < -0.39 is 0 Å². The van der Waals surface area contributed by atoms with Crippen LogP contribution in [-0.2, 0) is 6.42 Å². The molecule has 19 heavy (non-hydrogen) atoms. The molecule has 1 atom stereocenters. The Kier molecular flexibility index (Phi) is 4.86. The van der Waals surface area contributed by atoms with E-state index in [-0.39, 0.29) is 16.3 Å². The van der Waals surface area contributed by atoms with E-state index >= 15 is 0 Å². The van der Waals surface area contributed by atoms with E-state index in [4.69, 9.17) is 11.6 Å². The molecule has 2 rings (SSSR count). The van der Waals surface area contributed by atoms with Gasteiger partial charge in [-0.05, 0) is 42.7 Å². The van der Waals surface area contributed by atoms with Gasteiger partial charge in [0.15, 0.2) is 0 Å². The highest BCUT2D eigenvalue weighted by Gasteiger charge is 2.29. The van der Waals surface area contributed by atoms with Gasteiger partial charge in [-0.15, -0.1) is 0 Å². The smallest absolute Gasteiger partial charge is 0.144 e. The summed E-state index contributed by atoms with van der Waals surface area (Å²) >= 11 is 5.87. The number of hydrogen-bond acceptors (Lipinski definition) is 1. The van der Waals surface area contributed by atoms with Gasteiger partial charge in [-0.2, -0.15) is 0 Å². The van der Waals surface area contributed by atoms with E-state index in [1.807, 2.05) is 12.1 Å². The van der Waals surface area contributed by atoms with Gasteiger partial charge < -0.3 is 5.32 Å². The standard InChI is InChI=1S/C16H23ClFN/c1-3-9-16(2,11-19-13-7-8-13)10-12-5-4-6-14(17)15(12)18/h4-6,13,19H,3,7-11H2,1-2H3. The van der Waals surface area contributed by atoms with Crippen LogP contribution in [0, 0.1) is 11.2 Å². The summed E-state index contributed by atoms with van der Waals surface area (Å²) in [6.45, 7) is 5.38. The van der Waals surface area contributed by atoms with E-state index in [0.29, 0.717) is 6.04 Å². The van der Waals surface area contributed by atoms with E-state index in [1.54, 1.807) is 6.07 Å². The van der Waals surface area contributed by atoms with Gasteiger partial charge in [-0.3, -0.25) is 0 Å². The Morgan fingerprint density at radius 1 is 1.42 bits per heavy atom. The van der Waals surface area contributed by atoms with Crippen molar-refractivity contribution in [1.82, 2.24) is 5.32 Å². The van der Waals surface area contributed by atoms with Crippen molar-refractivity contribution >= 4 is 11.6 Å². The zero-order chi connectivity index (χ0) is 13.9. The average Bonchev–Trinajstić information content (AvgIpc) is 3.17. The van der Waals surface area contributed by atoms with E-state index in [1.165, 1.54) is 12.8 Å². The fourth-order valence-corrected chi connectivity index (χ4v) is 2.86. The maximum Gasteiger partial charge on any atom is 0.144 e. The van der Waals surface area contributed by atoms with Gasteiger partial charge in [0, 0.05) is 12.6 Å². The molecule has 1 aliphatic rings. The lowest BCUT2D eigenvalue weighted by molar-refractivity contribution is 0.271. The second kappa shape index (κ2) is 6.23. The minimum atomic E-state index is -0.252. The van der Waals surface area contributed by atoms with Crippen molar-refractivity contribution < 1.29 is 4.39 Å². The molecule has 0 radical (unpaired) electrons. The Morgan fingerprint density at radius 2 is 2.16 bits per heavy atom. The first-order valence-electron chi connectivity index (χ1n) is 7.20. The molecule has 1 fully saturated rings. The minimum Gasteiger partial charge on any atom is -0.313 e. The lowest BCUT2D eigenvalue weighted by Gasteiger charge is -2.30. The quantitative estimate of drug-likeness (QED) is 0.772. The SMILES string of the molecule is CCCC(C)(CNC1CC1)Cc1cccc(Cl)c1F. The van der Waals surface area contributed by atoms with Crippen LogP contribution >= 0.6 is 11.6 Å². The van der Waals surface area contributed by atoms with Crippen LogP contribution in [0.25, 0.3) is 0 Å². The summed E-state index contributed by atoms with van der Waals surface area (Å²) < 4.78 is 14.0. The molecule has 0 spiro atoms. The topological polar surface area (TPSA) is 12.0 Å². The summed E-state index contributed by atoms with van der Waals surface area (Å²) in [6, 6.07) is 5.99. The monoisotopic (exact) mass is 283 g/mol. The Hall–Kier alpha value is -0.600. The molecule has 0 aliphatic heterocycles. The summed E-state index contributed by atoms with van der Waals surface area (Å²) in [7, 11) is 0.